The molecule has 0 aliphatic carbocycles. The van der Waals surface area contributed by atoms with Crippen LogP contribution in [0.3, 0.4) is 0 Å². The van der Waals surface area contributed by atoms with Crippen molar-refractivity contribution in [2.75, 3.05) is 11.5 Å². The molecule has 7 heteroatoms. The van der Waals surface area contributed by atoms with E-state index in [1.165, 1.54) is 11.1 Å². The molecule has 41 heavy (non-hydrogen) atoms. The van der Waals surface area contributed by atoms with Crippen molar-refractivity contribution >= 4 is 24.1 Å². The summed E-state index contributed by atoms with van der Waals surface area (Å²) >= 11 is 3.14. The van der Waals surface area contributed by atoms with E-state index in [1.807, 2.05) is 27.7 Å². The van der Waals surface area contributed by atoms with Crippen molar-refractivity contribution in [3.63, 3.8) is 0 Å². The summed E-state index contributed by atoms with van der Waals surface area (Å²) in [4.78, 5) is 0. The summed E-state index contributed by atoms with van der Waals surface area (Å²) in [6, 6.07) is 0. The maximum Gasteiger partial charge on any atom is 0.127 e. The quantitative estimate of drug-likeness (QED) is 0.185. The van der Waals surface area contributed by atoms with Gasteiger partial charge in [0.2, 0.25) is 0 Å². The van der Waals surface area contributed by atoms with E-state index in [2.05, 4.69) is 27.7 Å². The lowest BCUT2D eigenvalue weighted by molar-refractivity contribution is 0.0525. The maximum atomic E-state index is 10.4. The number of hydrogen-bond acceptors (Lipinski definition) is 7. The van der Waals surface area contributed by atoms with Gasteiger partial charge in [0, 0.05) is 46.7 Å². The molecular weight excluding hydrogens is 553 g/mol. The molecule has 2 N–H and O–H groups in total. The van der Waals surface area contributed by atoms with Crippen molar-refractivity contribution in [1.82, 2.24) is 0 Å². The summed E-state index contributed by atoms with van der Waals surface area (Å²) < 4.78 is 18.9. The number of aromatic hydroxyl groups is 2. The lowest BCUT2D eigenvalue weighted by Gasteiger charge is -2.38. The fourth-order valence-electron chi connectivity index (χ4n) is 6.36. The molecule has 0 amide bonds. The van der Waals surface area contributed by atoms with Crippen LogP contribution < -0.4 is 9.47 Å². The lowest BCUT2D eigenvalue weighted by atomic mass is 9.85. The second-order valence-electron chi connectivity index (χ2n) is 12.8. The molecule has 0 saturated heterocycles. The van der Waals surface area contributed by atoms with Gasteiger partial charge in [-0.1, -0.05) is 0 Å². The van der Waals surface area contributed by atoms with Gasteiger partial charge >= 0.3 is 0 Å². The molecule has 0 saturated carbocycles. The zero-order valence-corrected chi connectivity index (χ0v) is 28.1. The number of rotatable bonds is 12. The molecule has 2 atom stereocenters. The van der Waals surface area contributed by atoms with Crippen molar-refractivity contribution in [2.45, 2.75) is 131 Å². The standard InChI is InChI=1S/C34H50O5S2/c1-21-23(3)31-27(25(5)29(21)35)13-17-33(7,37-31)15-9-11-19-40-39-41-20-12-10-16-34(8)18-14-28-26(6)30(36)22(2)24(4)32(28)38-34/h35-36H,9-20H2,1-8H3. The number of phenolic OH excluding ortho intramolecular Hbond substituents is 2. The Morgan fingerprint density at radius 2 is 1.00 bits per heavy atom. The normalized spacial score (nSPS) is 21.7. The van der Waals surface area contributed by atoms with E-state index >= 15 is 0 Å². The molecule has 2 aromatic carbocycles. The number of benzene rings is 2. The van der Waals surface area contributed by atoms with Crippen molar-refractivity contribution in [3.05, 3.63) is 44.5 Å². The minimum absolute atomic E-state index is 0.146. The Bertz CT molecular complexity index is 1160. The third-order valence-corrected chi connectivity index (χ3v) is 11.3. The first-order chi connectivity index (χ1) is 19.4. The maximum absolute atomic E-state index is 10.4. The van der Waals surface area contributed by atoms with Gasteiger partial charge in [0.15, 0.2) is 0 Å². The number of ether oxygens (including phenoxy) is 2. The van der Waals surface area contributed by atoms with Gasteiger partial charge < -0.3 is 19.7 Å². The van der Waals surface area contributed by atoms with Crippen molar-refractivity contribution < 1.29 is 23.3 Å². The second kappa shape index (κ2) is 13.3. The second-order valence-corrected chi connectivity index (χ2v) is 14.6. The van der Waals surface area contributed by atoms with Crippen LogP contribution in [-0.4, -0.2) is 32.9 Å². The van der Waals surface area contributed by atoms with Gasteiger partial charge in [0.25, 0.3) is 0 Å². The zero-order valence-electron chi connectivity index (χ0n) is 26.4. The van der Waals surface area contributed by atoms with E-state index in [4.69, 9.17) is 13.1 Å². The first kappa shape index (κ1) is 32.2. The Morgan fingerprint density at radius 1 is 0.610 bits per heavy atom. The highest BCUT2D eigenvalue weighted by Gasteiger charge is 2.35. The average Bonchev–Trinajstić information content (AvgIpc) is 2.95. The minimum Gasteiger partial charge on any atom is -0.507 e. The molecule has 2 heterocycles. The molecule has 0 bridgehead atoms. The highest BCUT2D eigenvalue weighted by atomic mass is 32.2. The molecule has 4 rings (SSSR count). The van der Waals surface area contributed by atoms with E-state index in [0.717, 1.165) is 121 Å². The molecule has 2 unspecified atom stereocenters. The van der Waals surface area contributed by atoms with Gasteiger partial charge in [0.1, 0.15) is 34.2 Å². The lowest BCUT2D eigenvalue weighted by Crippen LogP contribution is -2.37. The van der Waals surface area contributed by atoms with Crippen LogP contribution in [0.2, 0.25) is 0 Å². The first-order valence-corrected chi connectivity index (χ1v) is 17.1. The van der Waals surface area contributed by atoms with Gasteiger partial charge in [-0.15, -0.1) is 0 Å². The predicted octanol–water partition coefficient (Wildman–Crippen LogP) is 9.47. The number of unbranched alkanes of at least 4 members (excludes halogenated alkanes) is 2. The highest BCUT2D eigenvalue weighted by molar-refractivity contribution is 8.07. The Hall–Kier alpha value is -1.70. The van der Waals surface area contributed by atoms with Crippen LogP contribution in [0.25, 0.3) is 0 Å². The number of hydrogen-bond donors (Lipinski definition) is 2. The van der Waals surface area contributed by atoms with Crippen LogP contribution in [0, 0.1) is 41.5 Å². The van der Waals surface area contributed by atoms with E-state index in [0.29, 0.717) is 11.5 Å². The fourth-order valence-corrected chi connectivity index (χ4v) is 7.82. The van der Waals surface area contributed by atoms with Gasteiger partial charge in [-0.3, -0.25) is 0 Å². The molecule has 2 aromatic rings. The van der Waals surface area contributed by atoms with Crippen LogP contribution in [0.1, 0.15) is 110 Å². The highest BCUT2D eigenvalue weighted by Crippen LogP contribution is 2.46. The minimum atomic E-state index is -0.146. The smallest absolute Gasteiger partial charge is 0.127 e. The Kier molecular flexibility index (Phi) is 10.5. The van der Waals surface area contributed by atoms with Gasteiger partial charge in [-0.05, 0) is 153 Å². The monoisotopic (exact) mass is 602 g/mol. The molecule has 5 nitrogen and oxygen atoms in total. The van der Waals surface area contributed by atoms with E-state index < -0.39 is 0 Å². The fraction of sp³-hybridized carbons (Fsp3) is 0.647. The van der Waals surface area contributed by atoms with Crippen LogP contribution in [0.5, 0.6) is 23.0 Å². The van der Waals surface area contributed by atoms with E-state index in [1.54, 1.807) is 24.1 Å². The first-order valence-electron chi connectivity index (χ1n) is 15.3. The Labute approximate surface area is 256 Å². The number of fused-ring (bicyclic) bond motifs is 2. The summed E-state index contributed by atoms with van der Waals surface area (Å²) in [5, 5.41) is 20.8. The third-order valence-electron chi connectivity index (χ3n) is 9.65. The summed E-state index contributed by atoms with van der Waals surface area (Å²) in [6.45, 7) is 16.5. The molecule has 2 aliphatic rings. The van der Waals surface area contributed by atoms with Gasteiger partial charge in [-0.2, -0.15) is 0 Å². The average molecular weight is 603 g/mol. The molecule has 2 aliphatic heterocycles. The predicted molar refractivity (Wildman–Crippen MR) is 173 cm³/mol. The SMILES string of the molecule is Cc1c(C)c2c(c(C)c1O)CCC(C)(CCCCSOSCCCCC1(C)CCc3c(C)c(O)c(C)c(C)c3O1)O2. The summed E-state index contributed by atoms with van der Waals surface area (Å²) in [6.07, 6.45) is 10.4. The summed E-state index contributed by atoms with van der Waals surface area (Å²) in [7, 11) is 0. The largest absolute Gasteiger partial charge is 0.507 e. The van der Waals surface area contributed by atoms with Crippen molar-refractivity contribution in [3.8, 4) is 23.0 Å². The number of phenols is 2. The van der Waals surface area contributed by atoms with Crippen LogP contribution in [0.15, 0.2) is 0 Å². The van der Waals surface area contributed by atoms with Gasteiger partial charge in [0.05, 0.1) is 0 Å². The molecular formula is C34H50O5S2. The topological polar surface area (TPSA) is 68.2 Å². The third kappa shape index (κ3) is 7.10. The molecule has 0 fully saturated rings. The van der Waals surface area contributed by atoms with Crippen LogP contribution >= 0.6 is 24.1 Å². The van der Waals surface area contributed by atoms with Crippen molar-refractivity contribution in [2.24, 2.45) is 0 Å². The Morgan fingerprint density at radius 3 is 1.39 bits per heavy atom. The Balaban J connectivity index is 1.09. The van der Waals surface area contributed by atoms with Crippen LogP contribution in [0.4, 0.5) is 0 Å². The summed E-state index contributed by atoms with van der Waals surface area (Å²) in [5.41, 5.74) is 8.01. The summed E-state index contributed by atoms with van der Waals surface area (Å²) in [5.74, 6) is 4.81. The van der Waals surface area contributed by atoms with Crippen molar-refractivity contribution in [1.29, 1.82) is 0 Å². The van der Waals surface area contributed by atoms with E-state index in [-0.39, 0.29) is 11.2 Å². The van der Waals surface area contributed by atoms with E-state index in [9.17, 15) is 10.2 Å². The molecule has 0 spiro atoms. The zero-order chi connectivity index (χ0) is 29.9. The molecule has 228 valence electrons. The molecule has 0 radical (unpaired) electrons. The van der Waals surface area contributed by atoms with Gasteiger partial charge in [-0.25, -0.2) is 3.63 Å². The molecule has 0 aromatic heterocycles. The van der Waals surface area contributed by atoms with Crippen LogP contribution in [-0.2, 0) is 16.5 Å².